The van der Waals surface area contributed by atoms with Crippen LogP contribution in [0.15, 0.2) is 47.1 Å². The molecule has 1 amide bonds. The zero-order valence-corrected chi connectivity index (χ0v) is 11.7. The molecule has 0 aliphatic heterocycles. The number of rotatable bonds is 2. The van der Waals surface area contributed by atoms with Crippen molar-refractivity contribution in [2.75, 3.05) is 5.32 Å². The Morgan fingerprint density at radius 1 is 1.25 bits per heavy atom. The van der Waals surface area contributed by atoms with Crippen molar-refractivity contribution in [3.05, 3.63) is 58.4 Å². The minimum atomic E-state index is -0.424. The topological polar surface area (TPSA) is 57.8 Å². The molecule has 100 valence electrons. The van der Waals surface area contributed by atoms with Crippen LogP contribution in [0.2, 0.25) is 0 Å². The maximum atomic E-state index is 13.4. The van der Waals surface area contributed by atoms with Gasteiger partial charge in [-0.25, -0.2) is 4.39 Å². The Kier molecular flexibility index (Phi) is 3.23. The third-order valence-electron chi connectivity index (χ3n) is 2.88. The van der Waals surface area contributed by atoms with E-state index in [-0.39, 0.29) is 5.91 Å². The summed E-state index contributed by atoms with van der Waals surface area (Å²) in [7, 11) is 0. The van der Waals surface area contributed by atoms with Gasteiger partial charge >= 0.3 is 0 Å². The summed E-state index contributed by atoms with van der Waals surface area (Å²) >= 11 is 3.06. The van der Waals surface area contributed by atoms with E-state index in [1.165, 1.54) is 6.07 Å². The lowest BCUT2D eigenvalue weighted by Crippen LogP contribution is -2.11. The van der Waals surface area contributed by atoms with Gasteiger partial charge in [0, 0.05) is 16.6 Å². The minimum absolute atomic E-state index is 0.303. The number of nitrogens with zero attached hydrogens (tertiary/aromatic N) is 1. The maximum absolute atomic E-state index is 13.4. The summed E-state index contributed by atoms with van der Waals surface area (Å²) in [5.74, 6) is -0.727. The molecule has 0 atom stereocenters. The van der Waals surface area contributed by atoms with Crippen LogP contribution >= 0.6 is 15.9 Å². The zero-order chi connectivity index (χ0) is 14.1. The quantitative estimate of drug-likeness (QED) is 0.750. The summed E-state index contributed by atoms with van der Waals surface area (Å²) in [6.45, 7) is 0. The first-order chi connectivity index (χ1) is 9.63. The van der Waals surface area contributed by atoms with Crippen molar-refractivity contribution < 1.29 is 9.18 Å². The number of anilines is 1. The smallest absolute Gasteiger partial charge is 0.255 e. The molecule has 2 aromatic carbocycles. The molecule has 0 aliphatic rings. The van der Waals surface area contributed by atoms with Crippen molar-refractivity contribution in [3.8, 4) is 0 Å². The summed E-state index contributed by atoms with van der Waals surface area (Å²) < 4.78 is 13.7. The van der Waals surface area contributed by atoms with Gasteiger partial charge in [0.05, 0.1) is 16.2 Å². The van der Waals surface area contributed by atoms with Gasteiger partial charge < -0.3 is 5.32 Å². The molecule has 6 heteroatoms. The summed E-state index contributed by atoms with van der Waals surface area (Å²) in [6, 6.07) is 9.63. The molecule has 1 heterocycles. The molecule has 0 saturated heterocycles. The minimum Gasteiger partial charge on any atom is -0.322 e. The Morgan fingerprint density at radius 3 is 2.90 bits per heavy atom. The lowest BCUT2D eigenvalue weighted by molar-refractivity contribution is 0.102. The van der Waals surface area contributed by atoms with E-state index in [9.17, 15) is 9.18 Å². The first-order valence-electron chi connectivity index (χ1n) is 5.83. The van der Waals surface area contributed by atoms with E-state index in [0.717, 1.165) is 10.9 Å². The summed E-state index contributed by atoms with van der Waals surface area (Å²) in [4.78, 5) is 12.1. The molecule has 1 aromatic heterocycles. The average Bonchev–Trinajstić information content (AvgIpc) is 2.90. The van der Waals surface area contributed by atoms with Crippen LogP contribution in [0.4, 0.5) is 10.1 Å². The fourth-order valence-electron chi connectivity index (χ4n) is 1.86. The predicted molar refractivity (Wildman–Crippen MR) is 78.1 cm³/mol. The monoisotopic (exact) mass is 333 g/mol. The van der Waals surface area contributed by atoms with Crippen molar-refractivity contribution in [3.63, 3.8) is 0 Å². The largest absolute Gasteiger partial charge is 0.322 e. The molecular weight excluding hydrogens is 325 g/mol. The maximum Gasteiger partial charge on any atom is 0.255 e. The third kappa shape index (κ3) is 2.42. The van der Waals surface area contributed by atoms with E-state index in [0.29, 0.717) is 15.7 Å². The van der Waals surface area contributed by atoms with Gasteiger partial charge in [0.1, 0.15) is 5.82 Å². The van der Waals surface area contributed by atoms with Crippen molar-refractivity contribution in [1.82, 2.24) is 10.2 Å². The molecule has 0 saturated carbocycles. The number of carbonyl (C=O) groups is 1. The summed E-state index contributed by atoms with van der Waals surface area (Å²) in [6.07, 6.45) is 1.68. The van der Waals surface area contributed by atoms with Crippen molar-refractivity contribution in [2.45, 2.75) is 0 Å². The summed E-state index contributed by atoms with van der Waals surface area (Å²) in [5.41, 5.74) is 1.66. The SMILES string of the molecule is O=C(Nc1ccc(Br)c(F)c1)c1ccc2cn[nH]c2c1. The standard InChI is InChI=1S/C14H9BrFN3O/c15-11-4-3-10(6-12(11)16)18-14(20)8-1-2-9-7-17-19-13(9)5-8/h1-7H,(H,17,19)(H,18,20). The first kappa shape index (κ1) is 12.8. The number of hydrogen-bond donors (Lipinski definition) is 2. The van der Waals surface area contributed by atoms with Gasteiger partial charge in [0.25, 0.3) is 5.91 Å². The van der Waals surface area contributed by atoms with E-state index in [4.69, 9.17) is 0 Å². The molecular formula is C14H9BrFN3O. The second-order valence-corrected chi connectivity index (χ2v) is 5.11. The van der Waals surface area contributed by atoms with Gasteiger partial charge in [-0.15, -0.1) is 0 Å². The molecule has 0 fully saturated rings. The zero-order valence-electron chi connectivity index (χ0n) is 10.2. The molecule has 20 heavy (non-hydrogen) atoms. The molecule has 0 bridgehead atoms. The van der Waals surface area contributed by atoms with Gasteiger partial charge in [-0.05, 0) is 46.3 Å². The van der Waals surface area contributed by atoms with E-state index < -0.39 is 5.82 Å². The van der Waals surface area contributed by atoms with Crippen LogP contribution in [0.5, 0.6) is 0 Å². The van der Waals surface area contributed by atoms with E-state index in [1.807, 2.05) is 0 Å². The highest BCUT2D eigenvalue weighted by Crippen LogP contribution is 2.20. The van der Waals surface area contributed by atoms with Crippen LogP contribution in [-0.4, -0.2) is 16.1 Å². The molecule has 0 unspecified atom stereocenters. The second kappa shape index (κ2) is 5.05. The van der Waals surface area contributed by atoms with Crippen LogP contribution in [0.3, 0.4) is 0 Å². The van der Waals surface area contributed by atoms with Gasteiger partial charge in [-0.2, -0.15) is 5.10 Å². The third-order valence-corrected chi connectivity index (χ3v) is 3.52. The van der Waals surface area contributed by atoms with Crippen molar-refractivity contribution in [1.29, 1.82) is 0 Å². The highest BCUT2D eigenvalue weighted by atomic mass is 79.9. The van der Waals surface area contributed by atoms with Gasteiger partial charge in [-0.3, -0.25) is 9.89 Å². The number of fused-ring (bicyclic) bond motifs is 1. The Labute approximate surface area is 122 Å². The molecule has 0 spiro atoms. The molecule has 3 aromatic rings. The van der Waals surface area contributed by atoms with Crippen LogP contribution in [0, 0.1) is 5.82 Å². The van der Waals surface area contributed by atoms with Crippen LogP contribution < -0.4 is 5.32 Å². The Bertz CT molecular complexity index is 800. The lowest BCUT2D eigenvalue weighted by atomic mass is 10.1. The highest BCUT2D eigenvalue weighted by Gasteiger charge is 2.09. The van der Waals surface area contributed by atoms with Crippen molar-refractivity contribution >= 4 is 38.4 Å². The Morgan fingerprint density at radius 2 is 2.10 bits per heavy atom. The van der Waals surface area contributed by atoms with Crippen LogP contribution in [0.1, 0.15) is 10.4 Å². The van der Waals surface area contributed by atoms with Crippen LogP contribution in [0.25, 0.3) is 10.9 Å². The molecule has 2 N–H and O–H groups in total. The predicted octanol–water partition coefficient (Wildman–Crippen LogP) is 3.72. The molecule has 0 aliphatic carbocycles. The Hall–Kier alpha value is -2.21. The van der Waals surface area contributed by atoms with E-state index >= 15 is 0 Å². The number of aromatic amines is 1. The molecule has 0 radical (unpaired) electrons. The fraction of sp³-hybridized carbons (Fsp3) is 0. The number of benzene rings is 2. The molecule has 4 nitrogen and oxygen atoms in total. The Balaban J connectivity index is 1.86. The number of nitrogens with one attached hydrogen (secondary N) is 2. The van der Waals surface area contributed by atoms with Crippen molar-refractivity contribution in [2.24, 2.45) is 0 Å². The highest BCUT2D eigenvalue weighted by molar-refractivity contribution is 9.10. The first-order valence-corrected chi connectivity index (χ1v) is 6.62. The normalized spacial score (nSPS) is 10.7. The van der Waals surface area contributed by atoms with Gasteiger partial charge in [-0.1, -0.05) is 6.07 Å². The molecule has 3 rings (SSSR count). The second-order valence-electron chi connectivity index (χ2n) is 4.26. The lowest BCUT2D eigenvalue weighted by Gasteiger charge is -2.06. The van der Waals surface area contributed by atoms with Crippen LogP contribution in [-0.2, 0) is 0 Å². The number of carbonyl (C=O) groups excluding carboxylic acids is 1. The number of amides is 1. The number of hydrogen-bond acceptors (Lipinski definition) is 2. The van der Waals surface area contributed by atoms with E-state index in [2.05, 4.69) is 31.4 Å². The summed E-state index contributed by atoms with van der Waals surface area (Å²) in [5, 5.41) is 10.3. The number of H-pyrrole nitrogens is 1. The number of halogens is 2. The number of aromatic nitrogens is 2. The fourth-order valence-corrected chi connectivity index (χ4v) is 2.10. The van der Waals surface area contributed by atoms with Gasteiger partial charge in [0.15, 0.2) is 0 Å². The van der Waals surface area contributed by atoms with Gasteiger partial charge in [0.2, 0.25) is 0 Å². The average molecular weight is 334 g/mol. The van der Waals surface area contributed by atoms with E-state index in [1.54, 1.807) is 36.5 Å².